The van der Waals surface area contributed by atoms with Crippen LogP contribution in [0.25, 0.3) is 0 Å². The number of carbonyl (C=O) groups is 2. The lowest BCUT2D eigenvalue weighted by Gasteiger charge is -2.12. The molecule has 1 atom stereocenters. The number of benzene rings is 1. The molecule has 1 aromatic carbocycles. The van der Waals surface area contributed by atoms with E-state index in [4.69, 9.17) is 0 Å². The molecular formula is C12H16N2O5S. The van der Waals surface area contributed by atoms with E-state index < -0.39 is 34.5 Å². The molecule has 1 amide bonds. The second-order valence-corrected chi connectivity index (χ2v) is 5.72. The molecule has 8 heteroatoms. The molecule has 7 nitrogen and oxygen atoms in total. The van der Waals surface area contributed by atoms with E-state index in [1.807, 2.05) is 0 Å². The van der Waals surface area contributed by atoms with E-state index in [-0.39, 0.29) is 4.90 Å². The first kappa shape index (κ1) is 16.1. The summed E-state index contributed by atoms with van der Waals surface area (Å²) in [5.41, 5.74) is 0. The normalized spacial score (nSPS) is 12.5. The van der Waals surface area contributed by atoms with Crippen LogP contribution >= 0.6 is 0 Å². The fourth-order valence-electron chi connectivity index (χ4n) is 1.37. The summed E-state index contributed by atoms with van der Waals surface area (Å²) in [6.07, 6.45) is 0. The summed E-state index contributed by atoms with van der Waals surface area (Å²) in [6.45, 7) is 0.980. The maximum atomic E-state index is 11.8. The zero-order chi connectivity index (χ0) is 15.2. The molecule has 110 valence electrons. The molecular weight excluding hydrogens is 284 g/mol. The van der Waals surface area contributed by atoms with Crippen LogP contribution in [0.4, 0.5) is 0 Å². The van der Waals surface area contributed by atoms with Gasteiger partial charge in [-0.05, 0) is 19.1 Å². The van der Waals surface area contributed by atoms with E-state index in [0.717, 1.165) is 0 Å². The summed E-state index contributed by atoms with van der Waals surface area (Å²) in [5.74, 6) is -1.23. The molecule has 0 heterocycles. The average Bonchev–Trinajstić information content (AvgIpc) is 2.45. The molecule has 1 unspecified atom stereocenters. The Labute approximate surface area is 117 Å². The lowest BCUT2D eigenvalue weighted by molar-refractivity contribution is -0.144. The van der Waals surface area contributed by atoms with Crippen molar-refractivity contribution in [2.45, 2.75) is 17.9 Å². The standard InChI is InChI=1S/C12H16N2O5S/c1-9(12(16)19-2)14-11(15)8-13-20(17,18)10-6-4-3-5-7-10/h3-7,9,13H,8H2,1-2H3,(H,14,15). The van der Waals surface area contributed by atoms with E-state index in [0.29, 0.717) is 0 Å². The highest BCUT2D eigenvalue weighted by atomic mass is 32.2. The third-order valence-electron chi connectivity index (χ3n) is 2.41. The van der Waals surface area contributed by atoms with Gasteiger partial charge in [-0.3, -0.25) is 4.79 Å². The van der Waals surface area contributed by atoms with Gasteiger partial charge < -0.3 is 10.1 Å². The topological polar surface area (TPSA) is 102 Å². The van der Waals surface area contributed by atoms with Gasteiger partial charge in [0.15, 0.2) is 0 Å². The van der Waals surface area contributed by atoms with E-state index in [9.17, 15) is 18.0 Å². The van der Waals surface area contributed by atoms with Gasteiger partial charge in [-0.1, -0.05) is 18.2 Å². The van der Waals surface area contributed by atoms with E-state index >= 15 is 0 Å². The van der Waals surface area contributed by atoms with Crippen molar-refractivity contribution in [1.82, 2.24) is 10.0 Å². The molecule has 2 N–H and O–H groups in total. The van der Waals surface area contributed by atoms with Crippen LogP contribution in [-0.4, -0.2) is 40.0 Å². The number of hydrogen-bond acceptors (Lipinski definition) is 5. The summed E-state index contributed by atoms with van der Waals surface area (Å²) in [5, 5.41) is 2.31. The fourth-order valence-corrected chi connectivity index (χ4v) is 2.37. The lowest BCUT2D eigenvalue weighted by atomic mass is 10.3. The van der Waals surface area contributed by atoms with Crippen LogP contribution in [0.2, 0.25) is 0 Å². The Hall–Kier alpha value is -1.93. The number of sulfonamides is 1. The minimum atomic E-state index is -3.74. The highest BCUT2D eigenvalue weighted by molar-refractivity contribution is 7.89. The molecule has 20 heavy (non-hydrogen) atoms. The van der Waals surface area contributed by atoms with Crippen molar-refractivity contribution in [2.24, 2.45) is 0 Å². The summed E-state index contributed by atoms with van der Waals surface area (Å²) in [6, 6.07) is 6.83. The predicted octanol–water partition coefficient (Wildman–Crippen LogP) is -0.357. The maximum Gasteiger partial charge on any atom is 0.328 e. The van der Waals surface area contributed by atoms with Crippen LogP contribution in [0.5, 0.6) is 0 Å². The SMILES string of the molecule is COC(=O)C(C)NC(=O)CNS(=O)(=O)c1ccccc1. The van der Waals surface area contributed by atoms with Crippen molar-refractivity contribution >= 4 is 21.9 Å². The Morgan fingerprint density at radius 2 is 1.85 bits per heavy atom. The summed E-state index contributed by atoms with van der Waals surface area (Å²) < 4.78 is 30.2. The number of methoxy groups -OCH3 is 1. The highest BCUT2D eigenvalue weighted by Crippen LogP contribution is 2.06. The van der Waals surface area contributed by atoms with Crippen LogP contribution in [-0.2, 0) is 24.3 Å². The van der Waals surface area contributed by atoms with Crippen LogP contribution in [0.3, 0.4) is 0 Å². The minimum absolute atomic E-state index is 0.0637. The third kappa shape index (κ3) is 4.63. The van der Waals surface area contributed by atoms with Crippen LogP contribution in [0, 0.1) is 0 Å². The summed E-state index contributed by atoms with van der Waals surface area (Å²) >= 11 is 0. The fraction of sp³-hybridized carbons (Fsp3) is 0.333. The number of nitrogens with one attached hydrogen (secondary N) is 2. The smallest absolute Gasteiger partial charge is 0.328 e. The quantitative estimate of drug-likeness (QED) is 0.699. The van der Waals surface area contributed by atoms with Crippen molar-refractivity contribution in [3.05, 3.63) is 30.3 Å². The number of esters is 1. The molecule has 0 radical (unpaired) electrons. The third-order valence-corrected chi connectivity index (χ3v) is 3.83. The second-order valence-electron chi connectivity index (χ2n) is 3.95. The van der Waals surface area contributed by atoms with Gasteiger partial charge in [0.05, 0.1) is 18.6 Å². The number of rotatable bonds is 6. The molecule has 0 spiro atoms. The molecule has 1 rings (SSSR count). The van der Waals surface area contributed by atoms with Crippen molar-refractivity contribution in [3.8, 4) is 0 Å². The van der Waals surface area contributed by atoms with E-state index in [1.165, 1.54) is 26.2 Å². The van der Waals surface area contributed by atoms with Crippen molar-refractivity contribution < 1.29 is 22.7 Å². The van der Waals surface area contributed by atoms with Gasteiger partial charge in [0, 0.05) is 0 Å². The van der Waals surface area contributed by atoms with Gasteiger partial charge in [-0.25, -0.2) is 17.9 Å². The van der Waals surface area contributed by atoms with Crippen molar-refractivity contribution in [3.63, 3.8) is 0 Å². The van der Waals surface area contributed by atoms with Gasteiger partial charge in [0.2, 0.25) is 15.9 Å². The van der Waals surface area contributed by atoms with Crippen LogP contribution in [0.15, 0.2) is 35.2 Å². The molecule has 0 fully saturated rings. The molecule has 0 aromatic heterocycles. The Kier molecular flexibility index (Phi) is 5.66. The van der Waals surface area contributed by atoms with Crippen molar-refractivity contribution in [2.75, 3.05) is 13.7 Å². The van der Waals surface area contributed by atoms with Crippen LogP contribution in [0.1, 0.15) is 6.92 Å². The molecule has 0 aliphatic heterocycles. The van der Waals surface area contributed by atoms with E-state index in [1.54, 1.807) is 18.2 Å². The van der Waals surface area contributed by atoms with Gasteiger partial charge in [-0.15, -0.1) is 0 Å². The molecule has 0 bridgehead atoms. The number of hydrogen-bond donors (Lipinski definition) is 2. The molecule has 0 aliphatic carbocycles. The highest BCUT2D eigenvalue weighted by Gasteiger charge is 2.18. The van der Waals surface area contributed by atoms with Gasteiger partial charge in [0.1, 0.15) is 6.04 Å². The summed E-state index contributed by atoms with van der Waals surface area (Å²) in [4.78, 5) is 22.7. The summed E-state index contributed by atoms with van der Waals surface area (Å²) in [7, 11) is -2.55. The number of amides is 1. The largest absolute Gasteiger partial charge is 0.467 e. The maximum absolute atomic E-state index is 11.8. The molecule has 0 saturated carbocycles. The van der Waals surface area contributed by atoms with Gasteiger partial charge in [-0.2, -0.15) is 0 Å². The average molecular weight is 300 g/mol. The molecule has 1 aromatic rings. The lowest BCUT2D eigenvalue weighted by Crippen LogP contribution is -2.44. The first-order valence-electron chi connectivity index (χ1n) is 5.78. The zero-order valence-corrected chi connectivity index (χ0v) is 11.9. The monoisotopic (exact) mass is 300 g/mol. The Morgan fingerprint density at radius 1 is 1.25 bits per heavy atom. The number of carbonyl (C=O) groups excluding carboxylic acids is 2. The van der Waals surface area contributed by atoms with Crippen LogP contribution < -0.4 is 10.0 Å². The minimum Gasteiger partial charge on any atom is -0.467 e. The van der Waals surface area contributed by atoms with Gasteiger partial charge >= 0.3 is 5.97 Å². The number of ether oxygens (including phenoxy) is 1. The first-order chi connectivity index (χ1) is 9.36. The molecule has 0 saturated heterocycles. The second kappa shape index (κ2) is 7.01. The van der Waals surface area contributed by atoms with Gasteiger partial charge in [0.25, 0.3) is 0 Å². The molecule has 0 aliphatic rings. The predicted molar refractivity (Wildman–Crippen MR) is 71.3 cm³/mol. The Bertz CT molecular complexity index is 571. The van der Waals surface area contributed by atoms with Crippen molar-refractivity contribution in [1.29, 1.82) is 0 Å². The Balaban J connectivity index is 2.55. The van der Waals surface area contributed by atoms with E-state index in [2.05, 4.69) is 14.8 Å². The Morgan fingerprint density at radius 3 is 2.40 bits per heavy atom. The zero-order valence-electron chi connectivity index (χ0n) is 11.1. The first-order valence-corrected chi connectivity index (χ1v) is 7.27.